The fraction of sp³-hybridized carbons (Fsp3) is 0.174. The monoisotopic (exact) mass is 359 g/mol. The average Bonchev–Trinajstić information content (AvgIpc) is 3.09. The maximum absolute atomic E-state index is 12.2. The zero-order valence-corrected chi connectivity index (χ0v) is 15.0. The van der Waals surface area contributed by atoms with Gasteiger partial charge in [0.2, 0.25) is 0 Å². The summed E-state index contributed by atoms with van der Waals surface area (Å²) in [6.45, 7) is 1.63. The van der Waals surface area contributed by atoms with Crippen molar-refractivity contribution < 1.29 is 14.3 Å². The second-order valence-electron chi connectivity index (χ2n) is 6.58. The number of benzene rings is 3. The molecule has 1 amide bonds. The van der Waals surface area contributed by atoms with Crippen LogP contribution in [0, 0.1) is 0 Å². The smallest absolute Gasteiger partial charge is 0.410 e. The Kier molecular flexibility index (Phi) is 5.06. The number of cyclic esters (lactones) is 1. The highest BCUT2D eigenvalue weighted by Gasteiger charge is 2.32. The van der Waals surface area contributed by atoms with Crippen LogP contribution in [0.2, 0.25) is 0 Å². The molecule has 3 aromatic carbocycles. The second-order valence-corrected chi connectivity index (χ2v) is 6.58. The summed E-state index contributed by atoms with van der Waals surface area (Å²) < 4.78 is 11.3. The highest BCUT2D eigenvalue weighted by molar-refractivity contribution is 5.70. The average molecular weight is 359 g/mol. The molecular weight excluding hydrogens is 338 g/mol. The predicted molar refractivity (Wildman–Crippen MR) is 103 cm³/mol. The quantitative estimate of drug-likeness (QED) is 0.624. The summed E-state index contributed by atoms with van der Waals surface area (Å²) in [6, 6.07) is 27.8. The maximum Gasteiger partial charge on any atom is 0.410 e. The summed E-state index contributed by atoms with van der Waals surface area (Å²) in [6.07, 6.45) is -0.461. The first-order valence-corrected chi connectivity index (χ1v) is 9.04. The van der Waals surface area contributed by atoms with E-state index in [1.54, 1.807) is 4.90 Å². The molecule has 0 aromatic heterocycles. The lowest BCUT2D eigenvalue weighted by Crippen LogP contribution is -2.23. The summed E-state index contributed by atoms with van der Waals surface area (Å²) in [4.78, 5) is 13.9. The number of carbonyl (C=O) groups is 1. The molecule has 1 saturated heterocycles. The van der Waals surface area contributed by atoms with Gasteiger partial charge in [-0.2, -0.15) is 0 Å². The number of hydrogen-bond donors (Lipinski definition) is 0. The molecule has 3 aromatic rings. The van der Waals surface area contributed by atoms with Gasteiger partial charge < -0.3 is 9.47 Å². The Labute approximate surface area is 159 Å². The molecule has 1 heterocycles. The van der Waals surface area contributed by atoms with E-state index in [9.17, 15) is 4.79 Å². The van der Waals surface area contributed by atoms with Crippen LogP contribution in [0.5, 0.6) is 5.75 Å². The molecular formula is C23H21NO3. The van der Waals surface area contributed by atoms with Gasteiger partial charge in [-0.05, 0) is 28.8 Å². The molecule has 4 nitrogen and oxygen atoms in total. The minimum atomic E-state index is -0.264. The van der Waals surface area contributed by atoms with Crippen LogP contribution < -0.4 is 4.74 Å². The standard InChI is InChI=1S/C23H21NO3/c25-23-24(16-22(27-23)20-7-3-1-4-8-20)15-18-11-13-19(14-12-18)17-26-21-9-5-2-6-10-21/h1-14,22H,15-17H2/t22-/m0/s1. The molecule has 136 valence electrons. The molecule has 0 aliphatic carbocycles. The largest absolute Gasteiger partial charge is 0.489 e. The number of carbonyl (C=O) groups excluding carboxylic acids is 1. The Morgan fingerprint density at radius 3 is 2.19 bits per heavy atom. The van der Waals surface area contributed by atoms with Crippen LogP contribution in [-0.4, -0.2) is 17.5 Å². The summed E-state index contributed by atoms with van der Waals surface area (Å²) in [5.74, 6) is 0.855. The number of amides is 1. The van der Waals surface area contributed by atoms with E-state index in [-0.39, 0.29) is 12.2 Å². The van der Waals surface area contributed by atoms with Crippen LogP contribution in [0.25, 0.3) is 0 Å². The van der Waals surface area contributed by atoms with Crippen molar-refractivity contribution in [3.63, 3.8) is 0 Å². The molecule has 0 unspecified atom stereocenters. The van der Waals surface area contributed by atoms with Crippen molar-refractivity contribution in [2.45, 2.75) is 19.3 Å². The van der Waals surface area contributed by atoms with Gasteiger partial charge >= 0.3 is 6.09 Å². The summed E-state index contributed by atoms with van der Waals surface area (Å²) >= 11 is 0. The van der Waals surface area contributed by atoms with E-state index in [0.717, 1.165) is 22.4 Å². The first-order chi connectivity index (χ1) is 13.3. The molecule has 1 aliphatic rings. The van der Waals surface area contributed by atoms with Gasteiger partial charge in [-0.1, -0.05) is 72.8 Å². The van der Waals surface area contributed by atoms with E-state index >= 15 is 0 Å². The van der Waals surface area contributed by atoms with Gasteiger partial charge in [0.1, 0.15) is 18.5 Å². The Balaban J connectivity index is 1.34. The van der Waals surface area contributed by atoms with Gasteiger partial charge in [0.05, 0.1) is 6.54 Å². The Bertz CT molecular complexity index is 879. The van der Waals surface area contributed by atoms with Crippen LogP contribution in [0.4, 0.5) is 4.79 Å². The molecule has 0 spiro atoms. The van der Waals surface area contributed by atoms with Crippen LogP contribution in [-0.2, 0) is 17.9 Å². The van der Waals surface area contributed by atoms with Gasteiger partial charge in [0.15, 0.2) is 0 Å². The van der Waals surface area contributed by atoms with Gasteiger partial charge in [-0.25, -0.2) is 4.79 Å². The van der Waals surface area contributed by atoms with E-state index in [2.05, 4.69) is 0 Å². The summed E-state index contributed by atoms with van der Waals surface area (Å²) in [5, 5.41) is 0. The van der Waals surface area contributed by atoms with E-state index in [0.29, 0.717) is 19.7 Å². The van der Waals surface area contributed by atoms with Crippen molar-refractivity contribution in [1.29, 1.82) is 0 Å². The molecule has 4 heteroatoms. The highest BCUT2D eigenvalue weighted by atomic mass is 16.6. The Hall–Kier alpha value is -3.27. The minimum Gasteiger partial charge on any atom is -0.489 e. The van der Waals surface area contributed by atoms with Crippen molar-refractivity contribution in [2.24, 2.45) is 0 Å². The lowest BCUT2D eigenvalue weighted by Gasteiger charge is -2.13. The summed E-state index contributed by atoms with van der Waals surface area (Å²) in [7, 11) is 0. The van der Waals surface area contributed by atoms with Crippen molar-refractivity contribution in [1.82, 2.24) is 4.90 Å². The predicted octanol–water partition coefficient (Wildman–Crippen LogP) is 4.96. The lowest BCUT2D eigenvalue weighted by molar-refractivity contribution is 0.132. The lowest BCUT2D eigenvalue weighted by atomic mass is 10.1. The molecule has 4 rings (SSSR count). The maximum atomic E-state index is 12.2. The number of hydrogen-bond acceptors (Lipinski definition) is 3. The van der Waals surface area contributed by atoms with Crippen LogP contribution >= 0.6 is 0 Å². The van der Waals surface area contributed by atoms with Crippen molar-refractivity contribution >= 4 is 6.09 Å². The molecule has 1 fully saturated rings. The number of nitrogens with zero attached hydrogens (tertiary/aromatic N) is 1. The molecule has 0 bridgehead atoms. The number of para-hydroxylation sites is 1. The van der Waals surface area contributed by atoms with E-state index in [1.165, 1.54) is 0 Å². The van der Waals surface area contributed by atoms with Gasteiger partial charge in [0.25, 0.3) is 0 Å². The van der Waals surface area contributed by atoms with Crippen molar-refractivity contribution in [2.75, 3.05) is 6.54 Å². The highest BCUT2D eigenvalue weighted by Crippen LogP contribution is 2.27. The van der Waals surface area contributed by atoms with Crippen LogP contribution in [0.1, 0.15) is 22.8 Å². The third kappa shape index (κ3) is 4.29. The van der Waals surface area contributed by atoms with Gasteiger partial charge in [-0.3, -0.25) is 4.90 Å². The molecule has 1 aliphatic heterocycles. The van der Waals surface area contributed by atoms with Crippen LogP contribution in [0.3, 0.4) is 0 Å². The molecule has 0 saturated carbocycles. The number of rotatable bonds is 6. The SMILES string of the molecule is O=C1O[C@H](c2ccccc2)CN1Cc1ccc(COc2ccccc2)cc1. The van der Waals surface area contributed by atoms with E-state index in [1.807, 2.05) is 84.9 Å². The van der Waals surface area contributed by atoms with E-state index in [4.69, 9.17) is 9.47 Å². The zero-order chi connectivity index (χ0) is 18.5. The third-order valence-corrected chi connectivity index (χ3v) is 4.60. The zero-order valence-electron chi connectivity index (χ0n) is 15.0. The fourth-order valence-electron chi connectivity index (χ4n) is 3.12. The Morgan fingerprint density at radius 2 is 1.48 bits per heavy atom. The van der Waals surface area contributed by atoms with Gasteiger partial charge in [-0.15, -0.1) is 0 Å². The Morgan fingerprint density at radius 1 is 0.852 bits per heavy atom. The van der Waals surface area contributed by atoms with Crippen molar-refractivity contribution in [3.05, 3.63) is 102 Å². The topological polar surface area (TPSA) is 38.8 Å². The third-order valence-electron chi connectivity index (χ3n) is 4.60. The van der Waals surface area contributed by atoms with Crippen molar-refractivity contribution in [3.8, 4) is 5.75 Å². The van der Waals surface area contributed by atoms with E-state index < -0.39 is 0 Å². The number of ether oxygens (including phenoxy) is 2. The van der Waals surface area contributed by atoms with Crippen LogP contribution in [0.15, 0.2) is 84.9 Å². The second kappa shape index (κ2) is 7.96. The fourth-order valence-corrected chi connectivity index (χ4v) is 3.12. The molecule has 0 radical (unpaired) electrons. The minimum absolute atomic E-state index is 0.197. The first kappa shape index (κ1) is 17.2. The van der Waals surface area contributed by atoms with Gasteiger partial charge in [0, 0.05) is 6.54 Å². The summed E-state index contributed by atoms with van der Waals surface area (Å²) in [5.41, 5.74) is 3.19. The molecule has 1 atom stereocenters. The first-order valence-electron chi connectivity index (χ1n) is 9.04. The molecule has 27 heavy (non-hydrogen) atoms. The normalized spacial score (nSPS) is 16.2. The molecule has 0 N–H and O–H groups in total.